The van der Waals surface area contributed by atoms with Gasteiger partial charge in [0.2, 0.25) is 35.9 Å². The molecular formula is C53H103N7O6. The normalized spacial score (nSPS) is 11.1. The maximum atomic E-state index is 14.2. The molecule has 0 aromatic rings. The van der Waals surface area contributed by atoms with Gasteiger partial charge in [-0.1, -0.05) is 207 Å². The predicted molar refractivity (Wildman–Crippen MR) is 273 cm³/mol. The molecule has 0 heterocycles. The molecular weight excluding hydrogens is 831 g/mol. The Morgan fingerprint density at radius 3 is 0.848 bits per heavy atom. The van der Waals surface area contributed by atoms with Gasteiger partial charge in [-0.3, -0.25) is 28.8 Å². The van der Waals surface area contributed by atoms with Crippen LogP contribution in [0.1, 0.15) is 233 Å². The van der Waals surface area contributed by atoms with Crippen LogP contribution in [0.5, 0.6) is 0 Å². The lowest BCUT2D eigenvalue weighted by molar-refractivity contribution is -0.147. The Balaban J connectivity index is 5.99. The Morgan fingerprint density at radius 2 is 0.576 bits per heavy atom. The first kappa shape index (κ1) is 62.8. The summed E-state index contributed by atoms with van der Waals surface area (Å²) in [6.07, 6.45) is 35.8. The zero-order valence-electron chi connectivity index (χ0n) is 43.3. The molecule has 0 fully saturated rings. The van der Waals surface area contributed by atoms with Gasteiger partial charge in [-0.2, -0.15) is 0 Å². The van der Waals surface area contributed by atoms with E-state index >= 15 is 0 Å². The molecule has 13 nitrogen and oxygen atoms in total. The van der Waals surface area contributed by atoms with Crippen molar-refractivity contribution in [3.63, 3.8) is 0 Å². The molecule has 6 amide bonds. The minimum atomic E-state index is -0.598. The molecule has 13 heteroatoms. The maximum Gasteiger partial charge on any atom is 0.242 e. The van der Waals surface area contributed by atoms with Crippen LogP contribution in [0.2, 0.25) is 0 Å². The van der Waals surface area contributed by atoms with E-state index in [0.29, 0.717) is 32.6 Å². The van der Waals surface area contributed by atoms with E-state index in [0.717, 1.165) is 96.3 Å². The molecule has 0 rings (SSSR count). The van der Waals surface area contributed by atoms with E-state index in [4.69, 9.17) is 11.5 Å². The molecule has 0 atom stereocenters. The first-order valence-electron chi connectivity index (χ1n) is 27.4. The monoisotopic (exact) mass is 934 g/mol. The molecule has 0 radical (unpaired) electrons. The lowest BCUT2D eigenvalue weighted by Gasteiger charge is -2.31. The Hall–Kier alpha value is -3.22. The molecule has 0 saturated heterocycles. The summed E-state index contributed by atoms with van der Waals surface area (Å²) in [6.45, 7) is 9.59. The number of nitrogens with two attached hydrogens (primary N) is 2. The van der Waals surface area contributed by atoms with E-state index in [1.807, 2.05) is 0 Å². The lowest BCUT2D eigenvalue weighted by atomic mass is 10.1. The third-order valence-corrected chi connectivity index (χ3v) is 12.8. The van der Waals surface area contributed by atoms with Gasteiger partial charge >= 0.3 is 0 Å². The van der Waals surface area contributed by atoms with Crippen molar-refractivity contribution in [1.29, 1.82) is 0 Å². The highest BCUT2D eigenvalue weighted by molar-refractivity contribution is 5.91. The highest BCUT2D eigenvalue weighted by Crippen LogP contribution is 2.14. The second kappa shape index (κ2) is 45.6. The number of carbonyl (C=O) groups is 6. The summed E-state index contributed by atoms with van der Waals surface area (Å²) in [6, 6.07) is 0. The van der Waals surface area contributed by atoms with E-state index < -0.39 is 11.8 Å². The summed E-state index contributed by atoms with van der Waals surface area (Å²) in [7, 11) is 0. The van der Waals surface area contributed by atoms with Crippen LogP contribution in [0.15, 0.2) is 0 Å². The summed E-state index contributed by atoms with van der Waals surface area (Å²) < 4.78 is 0. The van der Waals surface area contributed by atoms with Gasteiger partial charge in [0.25, 0.3) is 0 Å². The number of carbonyl (C=O) groups excluding carboxylic acids is 6. The summed E-state index contributed by atoms with van der Waals surface area (Å²) in [5.74, 6) is -2.00. The third-order valence-electron chi connectivity index (χ3n) is 12.8. The first-order valence-corrected chi connectivity index (χ1v) is 27.4. The van der Waals surface area contributed by atoms with Crippen LogP contribution in [-0.2, 0) is 28.8 Å². The van der Waals surface area contributed by atoms with Crippen LogP contribution in [-0.4, -0.2) is 132 Å². The summed E-state index contributed by atoms with van der Waals surface area (Å²) >= 11 is 0. The summed E-state index contributed by atoms with van der Waals surface area (Å²) in [5.41, 5.74) is 11.6. The van der Waals surface area contributed by atoms with Crippen molar-refractivity contribution in [2.45, 2.75) is 233 Å². The van der Waals surface area contributed by atoms with Crippen molar-refractivity contribution in [2.75, 3.05) is 72.0 Å². The number of hydrogen-bond acceptors (Lipinski definition) is 7. The van der Waals surface area contributed by atoms with E-state index in [1.165, 1.54) is 129 Å². The van der Waals surface area contributed by atoms with E-state index in [2.05, 4.69) is 27.7 Å². The van der Waals surface area contributed by atoms with Crippen LogP contribution in [0.3, 0.4) is 0 Å². The fourth-order valence-electron chi connectivity index (χ4n) is 8.50. The second-order valence-corrected chi connectivity index (χ2v) is 19.0. The van der Waals surface area contributed by atoms with E-state index in [-0.39, 0.29) is 63.5 Å². The second-order valence-electron chi connectivity index (χ2n) is 19.0. The van der Waals surface area contributed by atoms with Crippen LogP contribution < -0.4 is 11.5 Å². The zero-order chi connectivity index (χ0) is 48.9. The van der Waals surface area contributed by atoms with Crippen molar-refractivity contribution in [1.82, 2.24) is 24.5 Å². The molecule has 0 aliphatic heterocycles. The van der Waals surface area contributed by atoms with Crippen molar-refractivity contribution >= 4 is 35.9 Å². The molecule has 0 bridgehead atoms. The molecule has 0 aliphatic carbocycles. The largest absolute Gasteiger partial charge is 0.368 e. The van der Waals surface area contributed by atoms with Crippen molar-refractivity contribution in [3.8, 4) is 0 Å². The van der Waals surface area contributed by atoms with Crippen LogP contribution >= 0.6 is 0 Å². The van der Waals surface area contributed by atoms with E-state index in [9.17, 15) is 28.8 Å². The third kappa shape index (κ3) is 35.9. The molecule has 0 unspecified atom stereocenters. The minimum Gasteiger partial charge on any atom is -0.368 e. The molecule has 66 heavy (non-hydrogen) atoms. The number of primary amides is 1. The zero-order valence-corrected chi connectivity index (χ0v) is 43.3. The van der Waals surface area contributed by atoms with Crippen LogP contribution in [0.4, 0.5) is 0 Å². The summed E-state index contributed by atoms with van der Waals surface area (Å²) in [4.78, 5) is 87.8. The maximum absolute atomic E-state index is 14.2. The Kier molecular flexibility index (Phi) is 43.3. The average Bonchev–Trinajstić information content (AvgIpc) is 3.30. The number of amides is 6. The number of rotatable bonds is 49. The Labute approximate surface area is 404 Å². The van der Waals surface area contributed by atoms with Crippen LogP contribution in [0, 0.1) is 0 Å². The average molecular weight is 934 g/mol. The molecule has 0 spiro atoms. The Bertz CT molecular complexity index is 1220. The van der Waals surface area contributed by atoms with E-state index in [1.54, 1.807) is 4.90 Å². The molecule has 0 aromatic heterocycles. The highest BCUT2D eigenvalue weighted by atomic mass is 16.2. The highest BCUT2D eigenvalue weighted by Gasteiger charge is 2.27. The van der Waals surface area contributed by atoms with Gasteiger partial charge in [0.05, 0.1) is 32.7 Å². The molecule has 0 aliphatic rings. The SMILES string of the molecule is CCCCCCCCCCN(C=O)CC(=O)N(CCCCCCCCCC)CC(=O)N(CCN)CC(=O)N(CCCCCCCCCC)CC(=O)N(CCCCCCCCCC)CC(N)=O. The molecule has 0 saturated carbocycles. The standard InChI is InChI=1S/C53H103N7O6/c1-5-9-13-17-21-25-29-33-38-56(48-61)44-50(63)58(40-35-31-27-23-19-15-11-7-3)46-53(66)60(42-37-54)47-52(65)59(41-36-32-28-24-20-16-12-8-4)45-51(64)57(43-49(55)62)39-34-30-26-22-18-14-10-6-2/h48H,5-47,54H2,1-4H3,(H2,55,62). The number of hydrogen-bond donors (Lipinski definition) is 2. The van der Waals surface area contributed by atoms with Gasteiger partial charge in [-0.05, 0) is 25.7 Å². The van der Waals surface area contributed by atoms with Gasteiger partial charge in [-0.25, -0.2) is 0 Å². The smallest absolute Gasteiger partial charge is 0.242 e. The number of unbranched alkanes of at least 4 members (excludes halogenated alkanes) is 28. The van der Waals surface area contributed by atoms with Crippen molar-refractivity contribution < 1.29 is 28.8 Å². The van der Waals surface area contributed by atoms with Gasteiger partial charge in [0, 0.05) is 39.3 Å². The van der Waals surface area contributed by atoms with Crippen molar-refractivity contribution in [3.05, 3.63) is 0 Å². The fraction of sp³-hybridized carbons (Fsp3) is 0.887. The van der Waals surface area contributed by atoms with Gasteiger partial charge in [-0.15, -0.1) is 0 Å². The first-order chi connectivity index (χ1) is 32.1. The predicted octanol–water partition coefficient (Wildman–Crippen LogP) is 9.77. The quantitative estimate of drug-likeness (QED) is 0.0452. The van der Waals surface area contributed by atoms with Gasteiger partial charge < -0.3 is 36.0 Å². The topological polar surface area (TPSA) is 171 Å². The van der Waals surface area contributed by atoms with Gasteiger partial charge in [0.15, 0.2) is 0 Å². The number of nitrogens with zero attached hydrogens (tertiary/aromatic N) is 5. The molecule has 0 aromatic carbocycles. The van der Waals surface area contributed by atoms with Crippen LogP contribution in [0.25, 0.3) is 0 Å². The summed E-state index contributed by atoms with van der Waals surface area (Å²) in [5, 5.41) is 0. The minimum absolute atomic E-state index is 0.102. The van der Waals surface area contributed by atoms with Crippen molar-refractivity contribution in [2.24, 2.45) is 11.5 Å². The lowest BCUT2D eigenvalue weighted by Crippen LogP contribution is -2.52. The Morgan fingerprint density at radius 1 is 0.333 bits per heavy atom. The fourth-order valence-corrected chi connectivity index (χ4v) is 8.50. The molecule has 386 valence electrons. The molecule has 4 N–H and O–H groups in total. The van der Waals surface area contributed by atoms with Gasteiger partial charge in [0.1, 0.15) is 0 Å².